The molecule has 1 saturated heterocycles. The SMILES string of the molecule is CCC1(c2ccccc2)CN(CCCN2CCOCC2)c2ccccc21. The van der Waals surface area contributed by atoms with Crippen LogP contribution in [0.1, 0.15) is 30.9 Å². The van der Waals surface area contributed by atoms with E-state index in [1.807, 2.05) is 0 Å². The number of nitrogens with zero attached hydrogens (tertiary/aromatic N) is 2. The maximum Gasteiger partial charge on any atom is 0.0594 e. The molecule has 0 saturated carbocycles. The van der Waals surface area contributed by atoms with E-state index in [1.165, 1.54) is 29.8 Å². The number of ether oxygens (including phenoxy) is 1. The lowest BCUT2D eigenvalue weighted by atomic mass is 9.74. The van der Waals surface area contributed by atoms with Gasteiger partial charge in [0.25, 0.3) is 0 Å². The monoisotopic (exact) mass is 350 g/mol. The molecule has 0 bridgehead atoms. The van der Waals surface area contributed by atoms with Gasteiger partial charge in [0.15, 0.2) is 0 Å². The van der Waals surface area contributed by atoms with E-state index in [4.69, 9.17) is 4.74 Å². The number of para-hydroxylation sites is 1. The molecule has 0 aromatic heterocycles. The Kier molecular flexibility index (Phi) is 5.28. The summed E-state index contributed by atoms with van der Waals surface area (Å²) in [6.07, 6.45) is 2.34. The summed E-state index contributed by atoms with van der Waals surface area (Å²) in [5, 5.41) is 0. The molecule has 3 heteroatoms. The minimum atomic E-state index is 0.122. The minimum absolute atomic E-state index is 0.122. The van der Waals surface area contributed by atoms with Gasteiger partial charge in [-0.15, -0.1) is 0 Å². The van der Waals surface area contributed by atoms with E-state index in [2.05, 4.69) is 71.3 Å². The highest BCUT2D eigenvalue weighted by Crippen LogP contribution is 2.47. The van der Waals surface area contributed by atoms with Gasteiger partial charge in [0.2, 0.25) is 0 Å². The van der Waals surface area contributed by atoms with Crippen molar-refractivity contribution in [2.75, 3.05) is 50.8 Å². The van der Waals surface area contributed by atoms with Gasteiger partial charge < -0.3 is 9.64 Å². The van der Waals surface area contributed by atoms with Crippen LogP contribution in [-0.4, -0.2) is 50.8 Å². The topological polar surface area (TPSA) is 15.7 Å². The highest BCUT2D eigenvalue weighted by molar-refractivity contribution is 5.66. The standard InChI is InChI=1S/C23H30N2O/c1-2-23(20-9-4-3-5-10-20)19-25(22-12-7-6-11-21(22)23)14-8-13-24-15-17-26-18-16-24/h3-7,9-12H,2,8,13-19H2,1H3. The molecule has 1 atom stereocenters. The summed E-state index contributed by atoms with van der Waals surface area (Å²) in [5.41, 5.74) is 4.50. The van der Waals surface area contributed by atoms with Crippen LogP contribution in [0.2, 0.25) is 0 Å². The van der Waals surface area contributed by atoms with E-state index in [-0.39, 0.29) is 5.41 Å². The molecular weight excluding hydrogens is 320 g/mol. The Balaban J connectivity index is 1.52. The van der Waals surface area contributed by atoms with Crippen molar-refractivity contribution in [2.45, 2.75) is 25.2 Å². The summed E-state index contributed by atoms with van der Waals surface area (Å²) in [6, 6.07) is 20.1. The Hall–Kier alpha value is -1.84. The van der Waals surface area contributed by atoms with Crippen molar-refractivity contribution in [3.63, 3.8) is 0 Å². The van der Waals surface area contributed by atoms with E-state index >= 15 is 0 Å². The van der Waals surface area contributed by atoms with Crippen LogP contribution >= 0.6 is 0 Å². The maximum atomic E-state index is 5.46. The molecule has 26 heavy (non-hydrogen) atoms. The normalized spacial score (nSPS) is 23.2. The number of anilines is 1. The summed E-state index contributed by atoms with van der Waals surface area (Å²) in [7, 11) is 0. The first kappa shape index (κ1) is 17.6. The fraction of sp³-hybridized carbons (Fsp3) is 0.478. The summed E-state index contributed by atoms with van der Waals surface area (Å²) in [6.45, 7) is 9.67. The molecule has 2 heterocycles. The average Bonchev–Trinajstić information content (AvgIpc) is 3.05. The third-order valence-electron chi connectivity index (χ3n) is 6.16. The Labute approximate surface area is 157 Å². The minimum Gasteiger partial charge on any atom is -0.379 e. The lowest BCUT2D eigenvalue weighted by Gasteiger charge is -2.31. The Bertz CT molecular complexity index is 711. The molecule has 2 aliphatic rings. The van der Waals surface area contributed by atoms with E-state index in [0.29, 0.717) is 0 Å². The molecule has 4 rings (SSSR count). The van der Waals surface area contributed by atoms with Crippen molar-refractivity contribution in [1.29, 1.82) is 0 Å². The third-order valence-corrected chi connectivity index (χ3v) is 6.16. The quantitative estimate of drug-likeness (QED) is 0.785. The Morgan fingerprint density at radius 2 is 1.65 bits per heavy atom. The van der Waals surface area contributed by atoms with Crippen LogP contribution in [0.25, 0.3) is 0 Å². The first-order chi connectivity index (χ1) is 12.8. The van der Waals surface area contributed by atoms with E-state index < -0.39 is 0 Å². The van der Waals surface area contributed by atoms with Crippen LogP contribution in [0.5, 0.6) is 0 Å². The van der Waals surface area contributed by atoms with Gasteiger partial charge in [-0.1, -0.05) is 55.5 Å². The zero-order chi connectivity index (χ0) is 17.8. The molecule has 2 aliphatic heterocycles. The first-order valence-electron chi connectivity index (χ1n) is 10.0. The summed E-state index contributed by atoms with van der Waals surface area (Å²) < 4.78 is 5.46. The van der Waals surface area contributed by atoms with Crippen LogP contribution < -0.4 is 4.90 Å². The van der Waals surface area contributed by atoms with E-state index in [1.54, 1.807) is 0 Å². The van der Waals surface area contributed by atoms with Gasteiger partial charge in [-0.2, -0.15) is 0 Å². The average molecular weight is 351 g/mol. The summed E-state index contributed by atoms with van der Waals surface area (Å²) in [4.78, 5) is 5.15. The molecule has 2 aromatic rings. The number of fused-ring (bicyclic) bond motifs is 1. The van der Waals surface area contributed by atoms with Crippen LogP contribution in [0, 0.1) is 0 Å². The maximum absolute atomic E-state index is 5.46. The van der Waals surface area contributed by atoms with Crippen LogP contribution in [-0.2, 0) is 10.2 Å². The molecule has 138 valence electrons. The molecule has 0 aliphatic carbocycles. The van der Waals surface area contributed by atoms with E-state index in [0.717, 1.165) is 45.8 Å². The zero-order valence-electron chi connectivity index (χ0n) is 15.9. The largest absolute Gasteiger partial charge is 0.379 e. The summed E-state index contributed by atoms with van der Waals surface area (Å²) >= 11 is 0. The zero-order valence-corrected chi connectivity index (χ0v) is 15.9. The van der Waals surface area contributed by atoms with E-state index in [9.17, 15) is 0 Å². The number of rotatable bonds is 6. The number of hydrogen-bond donors (Lipinski definition) is 0. The fourth-order valence-corrected chi connectivity index (χ4v) is 4.67. The van der Waals surface area contributed by atoms with Crippen LogP contribution in [0.3, 0.4) is 0 Å². The lowest BCUT2D eigenvalue weighted by molar-refractivity contribution is 0.0376. The molecule has 0 radical (unpaired) electrons. The molecule has 0 N–H and O–H groups in total. The number of hydrogen-bond acceptors (Lipinski definition) is 3. The van der Waals surface area contributed by atoms with Crippen molar-refractivity contribution in [1.82, 2.24) is 4.90 Å². The molecule has 0 amide bonds. The molecule has 1 fully saturated rings. The highest BCUT2D eigenvalue weighted by Gasteiger charge is 2.42. The van der Waals surface area contributed by atoms with Gasteiger partial charge in [0, 0.05) is 43.8 Å². The van der Waals surface area contributed by atoms with Gasteiger partial charge in [-0.25, -0.2) is 0 Å². The van der Waals surface area contributed by atoms with Crippen LogP contribution in [0.15, 0.2) is 54.6 Å². The predicted octanol–water partition coefficient (Wildman–Crippen LogP) is 3.93. The van der Waals surface area contributed by atoms with Crippen molar-refractivity contribution < 1.29 is 4.74 Å². The molecule has 3 nitrogen and oxygen atoms in total. The third kappa shape index (κ3) is 3.26. The van der Waals surface area contributed by atoms with Crippen molar-refractivity contribution >= 4 is 5.69 Å². The second-order valence-corrected chi connectivity index (χ2v) is 7.55. The summed E-state index contributed by atoms with van der Waals surface area (Å²) in [5.74, 6) is 0. The Morgan fingerprint density at radius 3 is 2.42 bits per heavy atom. The van der Waals surface area contributed by atoms with Gasteiger partial charge in [0.1, 0.15) is 0 Å². The molecular formula is C23H30N2O. The molecule has 2 aromatic carbocycles. The number of benzene rings is 2. The van der Waals surface area contributed by atoms with Crippen molar-refractivity contribution in [3.05, 3.63) is 65.7 Å². The molecule has 0 spiro atoms. The smallest absolute Gasteiger partial charge is 0.0594 e. The second kappa shape index (κ2) is 7.81. The van der Waals surface area contributed by atoms with Gasteiger partial charge in [0.05, 0.1) is 13.2 Å². The Morgan fingerprint density at radius 1 is 0.923 bits per heavy atom. The highest BCUT2D eigenvalue weighted by atomic mass is 16.5. The van der Waals surface area contributed by atoms with Gasteiger partial charge >= 0.3 is 0 Å². The van der Waals surface area contributed by atoms with Gasteiger partial charge in [-0.05, 0) is 30.0 Å². The fourth-order valence-electron chi connectivity index (χ4n) is 4.67. The lowest BCUT2D eigenvalue weighted by Crippen LogP contribution is -2.39. The van der Waals surface area contributed by atoms with Crippen molar-refractivity contribution in [3.8, 4) is 0 Å². The number of morpholine rings is 1. The predicted molar refractivity (Wildman–Crippen MR) is 108 cm³/mol. The van der Waals surface area contributed by atoms with Crippen molar-refractivity contribution in [2.24, 2.45) is 0 Å². The van der Waals surface area contributed by atoms with Gasteiger partial charge in [-0.3, -0.25) is 4.90 Å². The molecule has 1 unspecified atom stereocenters. The van der Waals surface area contributed by atoms with Crippen LogP contribution in [0.4, 0.5) is 5.69 Å². The first-order valence-corrected chi connectivity index (χ1v) is 10.0. The second-order valence-electron chi connectivity index (χ2n) is 7.55.